The number of amides is 1. The van der Waals surface area contributed by atoms with Gasteiger partial charge in [0.25, 0.3) is 5.91 Å². The highest BCUT2D eigenvalue weighted by atomic mass is 32.2. The number of anilines is 1. The quantitative estimate of drug-likeness (QED) is 0.412. The van der Waals surface area contributed by atoms with Crippen LogP contribution in [0.1, 0.15) is 33.1 Å². The van der Waals surface area contributed by atoms with E-state index >= 15 is 0 Å². The van der Waals surface area contributed by atoms with Crippen LogP contribution < -0.4 is 10.0 Å². The fourth-order valence-corrected chi connectivity index (χ4v) is 4.57. The molecule has 0 fully saturated rings. The van der Waals surface area contributed by atoms with Gasteiger partial charge in [0.05, 0.1) is 35.5 Å². The van der Waals surface area contributed by atoms with Crippen LogP contribution in [0.5, 0.6) is 0 Å². The number of hydrogen-bond donors (Lipinski definition) is 2. The van der Waals surface area contributed by atoms with Gasteiger partial charge < -0.3 is 9.73 Å². The van der Waals surface area contributed by atoms with Crippen molar-refractivity contribution in [3.8, 4) is 0 Å². The highest BCUT2D eigenvalue weighted by Crippen LogP contribution is 2.20. The summed E-state index contributed by atoms with van der Waals surface area (Å²) >= 11 is 0. The number of nitrogens with one attached hydrogen (secondary N) is 2. The molecule has 0 unspecified atom stereocenters. The maximum Gasteiger partial charge on any atom is 0.259 e. The summed E-state index contributed by atoms with van der Waals surface area (Å²) in [5.74, 6) is 0.156. The third-order valence-electron chi connectivity index (χ3n) is 5.20. The topological polar surface area (TPSA) is 106 Å². The summed E-state index contributed by atoms with van der Waals surface area (Å²) in [6, 6.07) is 19.3. The van der Waals surface area contributed by atoms with Gasteiger partial charge in [-0.1, -0.05) is 36.4 Å². The molecule has 170 valence electrons. The van der Waals surface area contributed by atoms with E-state index in [1.807, 2.05) is 37.3 Å². The van der Waals surface area contributed by atoms with E-state index in [2.05, 4.69) is 15.1 Å². The maximum atomic E-state index is 13.0. The van der Waals surface area contributed by atoms with Gasteiger partial charge in [-0.25, -0.2) is 13.1 Å². The van der Waals surface area contributed by atoms with Crippen molar-refractivity contribution in [1.82, 2.24) is 14.5 Å². The third-order valence-corrected chi connectivity index (χ3v) is 6.60. The fourth-order valence-electron chi connectivity index (χ4n) is 3.53. The first-order valence-corrected chi connectivity index (χ1v) is 11.8. The number of carbonyl (C=O) groups excluding carboxylic acids is 1. The number of carbonyl (C=O) groups is 1. The minimum absolute atomic E-state index is 0.0326. The molecule has 1 amide bonds. The minimum Gasteiger partial charge on any atom is -0.468 e. The first kappa shape index (κ1) is 22.5. The van der Waals surface area contributed by atoms with E-state index in [4.69, 9.17) is 4.42 Å². The van der Waals surface area contributed by atoms with Crippen molar-refractivity contribution in [2.24, 2.45) is 0 Å². The summed E-state index contributed by atoms with van der Waals surface area (Å²) in [5.41, 5.74) is 3.25. The first-order chi connectivity index (χ1) is 15.8. The van der Waals surface area contributed by atoms with Crippen LogP contribution >= 0.6 is 0 Å². The SMILES string of the molecule is Cc1nn(Cc2ccccc2)c(C)c1C(=O)Nc1cccc(S(=O)(=O)NCc2ccco2)c1. The van der Waals surface area contributed by atoms with E-state index < -0.39 is 10.0 Å². The number of aryl methyl sites for hydroxylation is 1. The molecular weight excluding hydrogens is 440 g/mol. The number of rotatable bonds is 8. The van der Waals surface area contributed by atoms with E-state index in [1.165, 1.54) is 18.4 Å². The molecular formula is C24H24N4O4S. The fraction of sp³-hybridized carbons (Fsp3) is 0.167. The molecule has 0 bridgehead atoms. The van der Waals surface area contributed by atoms with Crippen molar-refractivity contribution in [3.05, 3.63) is 101 Å². The molecule has 0 aliphatic carbocycles. The van der Waals surface area contributed by atoms with Crippen LogP contribution in [0.15, 0.2) is 82.3 Å². The van der Waals surface area contributed by atoms with Crippen LogP contribution in [0.4, 0.5) is 5.69 Å². The van der Waals surface area contributed by atoms with Crippen molar-refractivity contribution in [2.75, 3.05) is 5.32 Å². The largest absolute Gasteiger partial charge is 0.468 e. The van der Waals surface area contributed by atoms with Crippen LogP contribution in [0, 0.1) is 13.8 Å². The highest BCUT2D eigenvalue weighted by molar-refractivity contribution is 7.89. The Balaban J connectivity index is 1.50. The molecule has 4 aromatic rings. The third kappa shape index (κ3) is 5.21. The second-order valence-electron chi connectivity index (χ2n) is 7.57. The van der Waals surface area contributed by atoms with Gasteiger partial charge in [0.1, 0.15) is 5.76 Å². The number of sulfonamides is 1. The number of aromatic nitrogens is 2. The predicted molar refractivity (Wildman–Crippen MR) is 124 cm³/mol. The Bertz CT molecular complexity index is 1360. The molecule has 2 heterocycles. The standard InChI is InChI=1S/C24H24N4O4S/c1-17-23(18(2)28(27-17)16-19-8-4-3-5-9-19)24(29)26-20-10-6-12-22(14-20)33(30,31)25-15-21-11-7-13-32-21/h3-14,25H,15-16H2,1-2H3,(H,26,29). The predicted octanol–water partition coefficient (Wildman–Crippen LogP) is 3.87. The summed E-state index contributed by atoms with van der Waals surface area (Å²) in [6.45, 7) is 4.21. The zero-order valence-electron chi connectivity index (χ0n) is 18.3. The zero-order chi connectivity index (χ0) is 23.4. The first-order valence-electron chi connectivity index (χ1n) is 10.3. The van der Waals surface area contributed by atoms with Crippen molar-refractivity contribution >= 4 is 21.6 Å². The Morgan fingerprint density at radius 2 is 1.82 bits per heavy atom. The van der Waals surface area contributed by atoms with Crippen molar-refractivity contribution in [2.45, 2.75) is 31.8 Å². The molecule has 33 heavy (non-hydrogen) atoms. The normalized spacial score (nSPS) is 11.5. The highest BCUT2D eigenvalue weighted by Gasteiger charge is 2.20. The number of benzene rings is 2. The molecule has 0 spiro atoms. The molecule has 4 rings (SSSR count). The van der Waals surface area contributed by atoms with Gasteiger partial charge in [0, 0.05) is 11.4 Å². The van der Waals surface area contributed by atoms with Crippen LogP contribution in [0.25, 0.3) is 0 Å². The molecule has 0 radical (unpaired) electrons. The van der Waals surface area contributed by atoms with Crippen molar-refractivity contribution in [3.63, 3.8) is 0 Å². The summed E-state index contributed by atoms with van der Waals surface area (Å²) < 4.78 is 34.7. The second kappa shape index (κ2) is 9.43. The van der Waals surface area contributed by atoms with Gasteiger partial charge in [-0.2, -0.15) is 5.10 Å². The Labute approximate surface area is 192 Å². The molecule has 0 aliphatic heterocycles. The average molecular weight is 465 g/mol. The van der Waals surface area contributed by atoms with Gasteiger partial charge in [0.2, 0.25) is 10.0 Å². The van der Waals surface area contributed by atoms with E-state index in [0.29, 0.717) is 29.2 Å². The molecule has 0 atom stereocenters. The lowest BCUT2D eigenvalue weighted by atomic mass is 10.1. The van der Waals surface area contributed by atoms with Crippen molar-refractivity contribution < 1.29 is 17.6 Å². The lowest BCUT2D eigenvalue weighted by Gasteiger charge is -2.10. The number of hydrogen-bond acceptors (Lipinski definition) is 5. The van der Waals surface area contributed by atoms with Gasteiger partial charge in [-0.15, -0.1) is 0 Å². The summed E-state index contributed by atoms with van der Waals surface area (Å²) in [5, 5.41) is 7.31. The molecule has 9 heteroatoms. The Morgan fingerprint density at radius 3 is 2.55 bits per heavy atom. The molecule has 2 N–H and O–H groups in total. The zero-order valence-corrected chi connectivity index (χ0v) is 19.1. The molecule has 2 aromatic carbocycles. The van der Waals surface area contributed by atoms with Crippen LogP contribution in [-0.4, -0.2) is 24.1 Å². The van der Waals surface area contributed by atoms with Gasteiger partial charge in [0.15, 0.2) is 0 Å². The molecule has 0 saturated carbocycles. The number of nitrogens with zero attached hydrogens (tertiary/aromatic N) is 2. The summed E-state index contributed by atoms with van der Waals surface area (Å²) in [6.07, 6.45) is 1.48. The van der Waals surface area contributed by atoms with Gasteiger partial charge in [-0.3, -0.25) is 9.48 Å². The Hall–Kier alpha value is -3.69. The van der Waals surface area contributed by atoms with Crippen LogP contribution in [-0.2, 0) is 23.1 Å². The molecule has 0 aliphatic rings. The average Bonchev–Trinajstić information content (AvgIpc) is 3.41. The minimum atomic E-state index is -3.78. The summed E-state index contributed by atoms with van der Waals surface area (Å²) in [4.78, 5) is 13.1. The number of furan rings is 1. The van der Waals surface area contributed by atoms with Gasteiger partial charge >= 0.3 is 0 Å². The summed E-state index contributed by atoms with van der Waals surface area (Å²) in [7, 11) is -3.78. The lowest BCUT2D eigenvalue weighted by Crippen LogP contribution is -2.23. The van der Waals surface area contributed by atoms with Crippen LogP contribution in [0.3, 0.4) is 0 Å². The van der Waals surface area contributed by atoms with Crippen molar-refractivity contribution in [1.29, 1.82) is 0 Å². The molecule has 8 nitrogen and oxygen atoms in total. The monoisotopic (exact) mass is 464 g/mol. The van der Waals surface area contributed by atoms with Gasteiger partial charge in [-0.05, 0) is 49.7 Å². The molecule has 2 aromatic heterocycles. The van der Waals surface area contributed by atoms with E-state index in [-0.39, 0.29) is 17.3 Å². The lowest BCUT2D eigenvalue weighted by molar-refractivity contribution is 0.102. The Morgan fingerprint density at radius 1 is 1.03 bits per heavy atom. The smallest absolute Gasteiger partial charge is 0.259 e. The van der Waals surface area contributed by atoms with E-state index in [9.17, 15) is 13.2 Å². The molecule has 0 saturated heterocycles. The maximum absolute atomic E-state index is 13.0. The Kier molecular flexibility index (Phi) is 6.43. The second-order valence-corrected chi connectivity index (χ2v) is 9.34. The van der Waals surface area contributed by atoms with E-state index in [1.54, 1.807) is 35.9 Å². The van der Waals surface area contributed by atoms with E-state index in [0.717, 1.165) is 11.3 Å². The van der Waals surface area contributed by atoms with Crippen LogP contribution in [0.2, 0.25) is 0 Å².